The predicted octanol–water partition coefficient (Wildman–Crippen LogP) is 12.5. The van der Waals surface area contributed by atoms with Crippen molar-refractivity contribution in [2.75, 3.05) is 13.2 Å². The van der Waals surface area contributed by atoms with Crippen molar-refractivity contribution in [3.05, 3.63) is 231 Å². The summed E-state index contributed by atoms with van der Waals surface area (Å²) in [6.45, 7) is 7.93. The first-order chi connectivity index (χ1) is 34.4. The third kappa shape index (κ3) is 14.4. The second-order valence-electron chi connectivity index (χ2n) is 17.6. The van der Waals surface area contributed by atoms with Gasteiger partial charge in [0.15, 0.2) is 5.75 Å². The monoisotopic (exact) mass is 942 g/mol. The molecule has 5 atom stereocenters. The van der Waals surface area contributed by atoms with Crippen molar-refractivity contribution in [3.8, 4) is 17.2 Å². The molecule has 0 saturated carbocycles. The third-order valence-corrected chi connectivity index (χ3v) is 11.9. The fourth-order valence-corrected chi connectivity index (χ4v) is 8.14. The smallest absolute Gasteiger partial charge is 0.383 e. The van der Waals surface area contributed by atoms with Crippen LogP contribution in [0.5, 0.6) is 17.2 Å². The topological polar surface area (TPSA) is 104 Å². The molecule has 0 amide bonds. The van der Waals surface area contributed by atoms with Gasteiger partial charge in [0.25, 0.3) is 0 Å². The van der Waals surface area contributed by atoms with Crippen LogP contribution in [-0.2, 0) is 56.7 Å². The van der Waals surface area contributed by atoms with E-state index in [1.54, 1.807) is 18.2 Å². The van der Waals surface area contributed by atoms with Gasteiger partial charge in [-0.15, -0.1) is 0 Å². The van der Waals surface area contributed by atoms with E-state index in [1.165, 1.54) is 5.57 Å². The number of rotatable bonds is 24. The van der Waals surface area contributed by atoms with Gasteiger partial charge < -0.3 is 42.3 Å². The van der Waals surface area contributed by atoms with Gasteiger partial charge in [-0.1, -0.05) is 169 Å². The summed E-state index contributed by atoms with van der Waals surface area (Å²) in [6.07, 6.45) is 2.09. The van der Waals surface area contributed by atoms with E-state index in [-0.39, 0.29) is 50.1 Å². The average Bonchev–Trinajstić information content (AvgIpc) is 3.38. The Labute approximate surface area is 411 Å². The Morgan fingerprint density at radius 1 is 0.543 bits per heavy atom. The van der Waals surface area contributed by atoms with Gasteiger partial charge in [-0.05, 0) is 79.6 Å². The second-order valence-corrected chi connectivity index (χ2v) is 17.6. The van der Waals surface area contributed by atoms with E-state index >= 15 is 0 Å². The Kier molecular flexibility index (Phi) is 18.2. The lowest BCUT2D eigenvalue weighted by Gasteiger charge is -2.45. The minimum absolute atomic E-state index is 0.00580. The van der Waals surface area contributed by atoms with Crippen LogP contribution in [0.25, 0.3) is 11.0 Å². The van der Waals surface area contributed by atoms with Crippen molar-refractivity contribution < 1.29 is 42.3 Å². The first kappa shape index (κ1) is 49.6. The molecule has 2 heterocycles. The Hall–Kier alpha value is -6.79. The number of hydrogen-bond acceptors (Lipinski definition) is 10. The Bertz CT molecular complexity index is 2770. The summed E-state index contributed by atoms with van der Waals surface area (Å²) in [4.78, 5) is 13.9. The van der Waals surface area contributed by atoms with E-state index in [0.29, 0.717) is 24.3 Å². The molecule has 1 aromatic heterocycles. The maximum absolute atomic E-state index is 13.9. The molecular formula is C60H62O10. The van der Waals surface area contributed by atoms with Crippen LogP contribution >= 0.6 is 0 Å². The van der Waals surface area contributed by atoms with Crippen LogP contribution in [0, 0.1) is 0 Å². The highest BCUT2D eigenvalue weighted by Gasteiger charge is 2.50. The third-order valence-electron chi connectivity index (χ3n) is 11.9. The number of benzene rings is 6. The number of ether oxygens (including phenoxy) is 8. The van der Waals surface area contributed by atoms with Crippen LogP contribution in [0.3, 0.4) is 0 Å². The van der Waals surface area contributed by atoms with Gasteiger partial charge in [0.2, 0.25) is 12.0 Å². The van der Waals surface area contributed by atoms with Crippen molar-refractivity contribution in [2.24, 2.45) is 0 Å². The van der Waals surface area contributed by atoms with Gasteiger partial charge in [-0.25, -0.2) is 4.79 Å². The molecule has 362 valence electrons. The zero-order valence-electron chi connectivity index (χ0n) is 40.2. The van der Waals surface area contributed by atoms with Crippen molar-refractivity contribution in [1.29, 1.82) is 0 Å². The number of allylic oxidation sites excluding steroid dienone is 3. The second kappa shape index (κ2) is 25.7. The first-order valence-corrected chi connectivity index (χ1v) is 24.0. The zero-order chi connectivity index (χ0) is 48.3. The van der Waals surface area contributed by atoms with Crippen molar-refractivity contribution in [1.82, 2.24) is 0 Å². The molecule has 8 rings (SSSR count). The Morgan fingerprint density at radius 3 is 1.61 bits per heavy atom. The van der Waals surface area contributed by atoms with Gasteiger partial charge in [0, 0.05) is 6.07 Å². The molecule has 10 nitrogen and oxygen atoms in total. The van der Waals surface area contributed by atoms with E-state index < -0.39 is 36.3 Å². The Balaban J connectivity index is 1.13. The quantitative estimate of drug-likeness (QED) is 0.0430. The normalized spacial score (nSPS) is 18.0. The number of fused-ring (bicyclic) bond motifs is 1. The lowest BCUT2D eigenvalue weighted by molar-refractivity contribution is -0.310. The predicted molar refractivity (Wildman–Crippen MR) is 272 cm³/mol. The molecule has 0 spiro atoms. The van der Waals surface area contributed by atoms with Gasteiger partial charge in [-0.3, -0.25) is 0 Å². The largest absolute Gasteiger partial charge is 0.484 e. The highest BCUT2D eigenvalue weighted by Crippen LogP contribution is 2.37. The number of hydrogen-bond donors (Lipinski definition) is 0. The van der Waals surface area contributed by atoms with Crippen molar-refractivity contribution >= 4 is 11.0 Å². The molecule has 1 aliphatic rings. The summed E-state index contributed by atoms with van der Waals surface area (Å²) in [6, 6.07) is 54.9. The highest BCUT2D eigenvalue weighted by molar-refractivity contribution is 5.86. The molecule has 1 fully saturated rings. The molecule has 0 aliphatic carbocycles. The SMILES string of the molecule is CC(C)=CCC/C(C)=C/COc1c(OCc2ccccc2)c2ccc(O[C@H]3O[C@H](COCc4ccccc4)[C@@H](OCc4ccccc4)[C@H](OCc4ccccc4)[C@@H]3OCc3ccccc3)cc2oc1=O. The molecule has 6 aromatic carbocycles. The van der Waals surface area contributed by atoms with Gasteiger partial charge in [0.1, 0.15) is 49.0 Å². The summed E-state index contributed by atoms with van der Waals surface area (Å²) in [5, 5.41) is 0.536. The Morgan fingerprint density at radius 2 is 1.06 bits per heavy atom. The maximum Gasteiger partial charge on any atom is 0.383 e. The van der Waals surface area contributed by atoms with Crippen LogP contribution in [0.1, 0.15) is 61.4 Å². The lowest BCUT2D eigenvalue weighted by atomic mass is 9.97. The highest BCUT2D eigenvalue weighted by atomic mass is 16.7. The minimum Gasteiger partial charge on any atom is -0.484 e. The summed E-state index contributed by atoms with van der Waals surface area (Å²) in [5.41, 5.74) is 6.88. The van der Waals surface area contributed by atoms with Crippen molar-refractivity contribution in [3.63, 3.8) is 0 Å². The van der Waals surface area contributed by atoms with Gasteiger partial charge in [-0.2, -0.15) is 0 Å². The van der Waals surface area contributed by atoms with Crippen LogP contribution in [-0.4, -0.2) is 43.9 Å². The molecule has 10 heteroatoms. The molecule has 70 heavy (non-hydrogen) atoms. The fourth-order valence-electron chi connectivity index (χ4n) is 8.14. The molecule has 0 bridgehead atoms. The maximum atomic E-state index is 13.9. The molecule has 1 aliphatic heterocycles. The minimum atomic E-state index is -1.04. The molecular weight excluding hydrogens is 881 g/mol. The lowest BCUT2D eigenvalue weighted by Crippen LogP contribution is -2.62. The summed E-state index contributed by atoms with van der Waals surface area (Å²) in [7, 11) is 0. The molecule has 0 radical (unpaired) electrons. The van der Waals surface area contributed by atoms with Gasteiger partial charge >= 0.3 is 5.63 Å². The summed E-state index contributed by atoms with van der Waals surface area (Å²) < 4.78 is 59.4. The molecule has 1 saturated heterocycles. The molecule has 0 N–H and O–H groups in total. The molecule has 7 aromatic rings. The van der Waals surface area contributed by atoms with E-state index in [1.807, 2.05) is 158 Å². The van der Waals surface area contributed by atoms with Crippen LogP contribution in [0.15, 0.2) is 202 Å². The van der Waals surface area contributed by atoms with E-state index in [2.05, 4.69) is 26.8 Å². The van der Waals surface area contributed by atoms with Crippen molar-refractivity contribution in [2.45, 2.75) is 97.4 Å². The van der Waals surface area contributed by atoms with E-state index in [4.69, 9.17) is 42.3 Å². The van der Waals surface area contributed by atoms with Crippen LogP contribution < -0.4 is 19.8 Å². The summed E-state index contributed by atoms with van der Waals surface area (Å²) >= 11 is 0. The molecule has 0 unspecified atom stereocenters. The average molecular weight is 943 g/mol. The van der Waals surface area contributed by atoms with Crippen LogP contribution in [0.4, 0.5) is 0 Å². The fraction of sp³-hybridized carbons (Fsp3) is 0.283. The standard InChI is InChI=1S/C60H62O10/c1-43(2)20-19-21-44(3)34-35-63-57-54(64-38-46-24-11-5-12-25-46)51-33-32-50(36-52(51)69-59(57)61)68-60-58(67-41-49-30-17-8-18-31-49)56(66-40-48-28-15-7-16-29-48)55(65-39-47-26-13-6-14-27-47)53(70-60)42-62-37-45-22-9-4-10-23-45/h4-18,20,22-34,36,53,55-56,58,60H,19,21,35,37-42H2,1-3H3/b44-34+/t53-,55-,56+,58+,60+/m1/s1. The zero-order valence-corrected chi connectivity index (χ0v) is 40.2. The van der Waals surface area contributed by atoms with E-state index in [9.17, 15) is 4.79 Å². The van der Waals surface area contributed by atoms with Gasteiger partial charge in [0.05, 0.1) is 38.4 Å². The summed E-state index contributed by atoms with van der Waals surface area (Å²) in [5.74, 6) is 0.633. The van der Waals surface area contributed by atoms with E-state index in [0.717, 1.165) is 46.2 Å². The first-order valence-electron chi connectivity index (χ1n) is 24.0. The van der Waals surface area contributed by atoms with Crippen LogP contribution in [0.2, 0.25) is 0 Å².